The van der Waals surface area contributed by atoms with E-state index in [9.17, 15) is 5.26 Å². The van der Waals surface area contributed by atoms with Crippen molar-refractivity contribution in [2.45, 2.75) is 5.03 Å². The number of rotatable bonds is 3. The number of fused-ring (bicyclic) bond motifs is 1. The quantitative estimate of drug-likeness (QED) is 0.414. The lowest BCUT2D eigenvalue weighted by Gasteiger charge is -2.13. The highest BCUT2D eigenvalue weighted by molar-refractivity contribution is 7.98. The van der Waals surface area contributed by atoms with E-state index in [0.29, 0.717) is 5.56 Å². The lowest BCUT2D eigenvalue weighted by Crippen LogP contribution is -1.95. The van der Waals surface area contributed by atoms with E-state index in [4.69, 9.17) is 4.98 Å². The predicted molar refractivity (Wildman–Crippen MR) is 109 cm³/mol. The molecule has 124 valence electrons. The number of hydrogen-bond acceptors (Lipinski definition) is 3. The first-order valence-electron chi connectivity index (χ1n) is 8.34. The van der Waals surface area contributed by atoms with Gasteiger partial charge in [0.05, 0.1) is 11.3 Å². The highest BCUT2D eigenvalue weighted by Gasteiger charge is 2.15. The molecule has 0 bridgehead atoms. The van der Waals surface area contributed by atoms with Crippen LogP contribution in [0, 0.1) is 11.3 Å². The second kappa shape index (κ2) is 7.03. The minimum atomic E-state index is 0.632. The molecule has 2 nitrogen and oxygen atoms in total. The molecule has 1 aromatic heterocycles. The van der Waals surface area contributed by atoms with Gasteiger partial charge in [0, 0.05) is 11.1 Å². The molecule has 0 N–H and O–H groups in total. The van der Waals surface area contributed by atoms with Crippen molar-refractivity contribution in [1.82, 2.24) is 4.98 Å². The highest BCUT2D eigenvalue weighted by atomic mass is 32.2. The van der Waals surface area contributed by atoms with Crippen LogP contribution in [0.3, 0.4) is 0 Å². The summed E-state index contributed by atoms with van der Waals surface area (Å²) in [6.45, 7) is 0. The standard InChI is InChI=1S/C23H16N2S/c1-26-23-21(15-24)20(17-8-3-2-4-9-17)14-22(25-23)19-13-7-11-16-10-5-6-12-18(16)19/h2-14H,1H3. The minimum Gasteiger partial charge on any atom is -0.240 e. The molecule has 0 saturated heterocycles. The Bertz CT molecular complexity index is 1120. The maximum Gasteiger partial charge on any atom is 0.115 e. The SMILES string of the molecule is CSc1nc(-c2cccc3ccccc23)cc(-c2ccccc2)c1C#N. The first-order chi connectivity index (χ1) is 12.8. The Morgan fingerprint density at radius 3 is 2.35 bits per heavy atom. The van der Waals surface area contributed by atoms with Crippen LogP contribution in [0.25, 0.3) is 33.2 Å². The summed E-state index contributed by atoms with van der Waals surface area (Å²) in [5.74, 6) is 0. The highest BCUT2D eigenvalue weighted by Crippen LogP contribution is 2.35. The van der Waals surface area contributed by atoms with Crippen LogP contribution in [0.2, 0.25) is 0 Å². The second-order valence-corrected chi connectivity index (χ2v) is 6.74. The summed E-state index contributed by atoms with van der Waals surface area (Å²) in [5, 5.41) is 12.8. The van der Waals surface area contributed by atoms with E-state index in [2.05, 4.69) is 36.4 Å². The van der Waals surface area contributed by atoms with Gasteiger partial charge in [0.25, 0.3) is 0 Å². The fourth-order valence-electron chi connectivity index (χ4n) is 3.21. The maximum absolute atomic E-state index is 9.72. The van der Waals surface area contributed by atoms with Crippen LogP contribution in [-0.2, 0) is 0 Å². The van der Waals surface area contributed by atoms with E-state index in [0.717, 1.165) is 27.4 Å². The van der Waals surface area contributed by atoms with Gasteiger partial charge in [-0.15, -0.1) is 11.8 Å². The van der Waals surface area contributed by atoms with Crippen molar-refractivity contribution in [3.63, 3.8) is 0 Å². The van der Waals surface area contributed by atoms with Crippen LogP contribution in [0.4, 0.5) is 0 Å². The Morgan fingerprint density at radius 2 is 1.58 bits per heavy atom. The van der Waals surface area contributed by atoms with Crippen LogP contribution in [0.15, 0.2) is 83.9 Å². The summed E-state index contributed by atoms with van der Waals surface area (Å²) in [7, 11) is 0. The Labute approximate surface area is 157 Å². The zero-order chi connectivity index (χ0) is 17.9. The zero-order valence-corrected chi connectivity index (χ0v) is 15.1. The molecule has 0 aliphatic heterocycles. The third kappa shape index (κ3) is 2.85. The van der Waals surface area contributed by atoms with E-state index in [-0.39, 0.29) is 0 Å². The van der Waals surface area contributed by atoms with Crippen molar-refractivity contribution < 1.29 is 0 Å². The third-order valence-corrected chi connectivity index (χ3v) is 5.12. The smallest absolute Gasteiger partial charge is 0.115 e. The van der Waals surface area contributed by atoms with Gasteiger partial charge in [0.15, 0.2) is 0 Å². The molecule has 0 fully saturated rings. The van der Waals surface area contributed by atoms with E-state index in [1.165, 1.54) is 22.5 Å². The molecule has 0 amide bonds. The average Bonchev–Trinajstić information content (AvgIpc) is 2.73. The second-order valence-electron chi connectivity index (χ2n) is 5.94. The number of pyridine rings is 1. The monoisotopic (exact) mass is 352 g/mol. The molecule has 3 aromatic carbocycles. The van der Waals surface area contributed by atoms with Gasteiger partial charge in [-0.1, -0.05) is 72.8 Å². The Kier molecular flexibility index (Phi) is 4.43. The van der Waals surface area contributed by atoms with Crippen LogP contribution in [-0.4, -0.2) is 11.2 Å². The summed E-state index contributed by atoms with van der Waals surface area (Å²) >= 11 is 1.51. The predicted octanol–water partition coefficient (Wildman–Crippen LogP) is 6.16. The van der Waals surface area contributed by atoms with Gasteiger partial charge in [-0.05, 0) is 28.7 Å². The van der Waals surface area contributed by atoms with Gasteiger partial charge in [-0.2, -0.15) is 5.26 Å². The molecule has 0 radical (unpaired) electrons. The molecule has 0 aliphatic carbocycles. The van der Waals surface area contributed by atoms with E-state index in [1.54, 1.807) is 0 Å². The first-order valence-corrected chi connectivity index (χ1v) is 9.57. The average molecular weight is 352 g/mol. The van der Waals surface area contributed by atoms with Crippen molar-refractivity contribution in [3.05, 3.63) is 84.4 Å². The van der Waals surface area contributed by atoms with E-state index < -0.39 is 0 Å². The van der Waals surface area contributed by atoms with Gasteiger partial charge in [-0.3, -0.25) is 0 Å². The van der Waals surface area contributed by atoms with E-state index >= 15 is 0 Å². The zero-order valence-electron chi connectivity index (χ0n) is 14.3. The fourth-order valence-corrected chi connectivity index (χ4v) is 3.76. The molecule has 4 aromatic rings. The summed E-state index contributed by atoms with van der Waals surface area (Å²) in [4.78, 5) is 4.81. The molecule has 0 aliphatic rings. The van der Waals surface area contributed by atoms with E-state index in [1.807, 2.05) is 54.8 Å². The van der Waals surface area contributed by atoms with Gasteiger partial charge in [-0.25, -0.2) is 4.98 Å². The summed E-state index contributed by atoms with van der Waals surface area (Å²) in [6, 6.07) is 29.0. The topological polar surface area (TPSA) is 36.7 Å². The van der Waals surface area contributed by atoms with Gasteiger partial charge >= 0.3 is 0 Å². The minimum absolute atomic E-state index is 0.632. The molecule has 0 saturated carbocycles. The normalized spacial score (nSPS) is 10.6. The number of aromatic nitrogens is 1. The van der Waals surface area contributed by atoms with Crippen molar-refractivity contribution >= 4 is 22.5 Å². The molecule has 1 heterocycles. The largest absolute Gasteiger partial charge is 0.240 e. The van der Waals surface area contributed by atoms with Crippen LogP contribution in [0.5, 0.6) is 0 Å². The lowest BCUT2D eigenvalue weighted by molar-refractivity contribution is 1.12. The number of benzene rings is 3. The summed E-state index contributed by atoms with van der Waals surface area (Å²) in [6.07, 6.45) is 1.96. The molecule has 0 spiro atoms. The molecule has 26 heavy (non-hydrogen) atoms. The maximum atomic E-state index is 9.72. The van der Waals surface area contributed by atoms with Crippen LogP contribution < -0.4 is 0 Å². The van der Waals surface area contributed by atoms with Crippen molar-refractivity contribution in [2.24, 2.45) is 0 Å². The Hall–Kier alpha value is -3.09. The first kappa shape index (κ1) is 16.4. The molecule has 0 atom stereocenters. The molecular weight excluding hydrogens is 336 g/mol. The van der Waals surface area contributed by atoms with Gasteiger partial charge in [0.1, 0.15) is 11.1 Å². The summed E-state index contributed by atoms with van der Waals surface area (Å²) < 4.78 is 0. The number of nitrogens with zero attached hydrogens (tertiary/aromatic N) is 2. The summed E-state index contributed by atoms with van der Waals surface area (Å²) in [5.41, 5.74) is 4.57. The van der Waals surface area contributed by atoms with Crippen molar-refractivity contribution in [3.8, 4) is 28.5 Å². The number of hydrogen-bond donors (Lipinski definition) is 0. The molecule has 3 heteroatoms. The fraction of sp³-hybridized carbons (Fsp3) is 0.0435. The van der Waals surface area contributed by atoms with Crippen LogP contribution >= 0.6 is 11.8 Å². The lowest BCUT2D eigenvalue weighted by atomic mass is 9.97. The van der Waals surface area contributed by atoms with Gasteiger partial charge in [0.2, 0.25) is 0 Å². The van der Waals surface area contributed by atoms with Crippen molar-refractivity contribution in [1.29, 1.82) is 5.26 Å². The Balaban J connectivity index is 2.03. The third-order valence-electron chi connectivity index (χ3n) is 4.44. The molecule has 0 unspecified atom stereocenters. The van der Waals surface area contributed by atoms with Crippen LogP contribution in [0.1, 0.15) is 5.56 Å². The Morgan fingerprint density at radius 1 is 0.846 bits per heavy atom. The van der Waals surface area contributed by atoms with Crippen molar-refractivity contribution in [2.75, 3.05) is 6.26 Å². The number of thioether (sulfide) groups is 1. The molecule has 4 rings (SSSR count). The van der Waals surface area contributed by atoms with Gasteiger partial charge < -0.3 is 0 Å². The molecular formula is C23H16N2S. The number of nitriles is 1.